The summed E-state index contributed by atoms with van der Waals surface area (Å²) in [6.45, 7) is 11.6. The SMILES string of the molecule is CCCC[C@H]1CC[C@H]([C@H]2CC[C@H](OCCC[SiH](OC(C)C)OC(C)C)CC2)CC1. The molecule has 0 saturated heterocycles. The molecule has 0 unspecified atom stereocenters. The maximum Gasteiger partial charge on any atom is 0.321 e. The summed E-state index contributed by atoms with van der Waals surface area (Å²) >= 11 is 0. The van der Waals surface area contributed by atoms with Crippen molar-refractivity contribution in [3.05, 3.63) is 0 Å². The van der Waals surface area contributed by atoms with E-state index in [2.05, 4.69) is 34.6 Å². The first-order chi connectivity index (χ1) is 14.0. The Hall–Kier alpha value is 0.0969. The molecule has 2 aliphatic rings. The minimum Gasteiger partial charge on any atom is -0.394 e. The fourth-order valence-electron chi connectivity index (χ4n) is 5.44. The van der Waals surface area contributed by atoms with Crippen LogP contribution in [0.15, 0.2) is 0 Å². The molecule has 0 aliphatic heterocycles. The molecule has 2 fully saturated rings. The van der Waals surface area contributed by atoms with Crippen molar-refractivity contribution >= 4 is 9.28 Å². The van der Waals surface area contributed by atoms with Crippen molar-refractivity contribution < 1.29 is 13.6 Å². The second-order valence-electron chi connectivity index (χ2n) is 10.3. The van der Waals surface area contributed by atoms with Gasteiger partial charge in [-0.1, -0.05) is 39.0 Å². The fourth-order valence-corrected chi connectivity index (χ4v) is 7.49. The van der Waals surface area contributed by atoms with Crippen LogP contribution in [0, 0.1) is 17.8 Å². The van der Waals surface area contributed by atoms with Crippen LogP contribution in [0.2, 0.25) is 6.04 Å². The molecule has 0 amide bonds. The summed E-state index contributed by atoms with van der Waals surface area (Å²) in [6, 6.07) is 1.06. The molecule has 29 heavy (non-hydrogen) atoms. The van der Waals surface area contributed by atoms with Gasteiger partial charge in [0.15, 0.2) is 0 Å². The normalized spacial score (nSPS) is 28.6. The van der Waals surface area contributed by atoms with Crippen molar-refractivity contribution in [1.82, 2.24) is 0 Å². The van der Waals surface area contributed by atoms with Crippen molar-refractivity contribution in [2.24, 2.45) is 17.8 Å². The summed E-state index contributed by atoms with van der Waals surface area (Å²) in [6.07, 6.45) is 17.8. The van der Waals surface area contributed by atoms with Gasteiger partial charge >= 0.3 is 9.28 Å². The van der Waals surface area contributed by atoms with Crippen LogP contribution in [-0.2, 0) is 13.6 Å². The Labute approximate surface area is 183 Å². The molecule has 2 aliphatic carbocycles. The lowest BCUT2D eigenvalue weighted by Gasteiger charge is -2.38. The monoisotopic (exact) mass is 426 g/mol. The number of hydrogen-bond acceptors (Lipinski definition) is 3. The van der Waals surface area contributed by atoms with Crippen molar-refractivity contribution in [1.29, 1.82) is 0 Å². The second-order valence-corrected chi connectivity index (χ2v) is 12.3. The summed E-state index contributed by atoms with van der Waals surface area (Å²) in [5.74, 6) is 3.04. The van der Waals surface area contributed by atoms with Crippen LogP contribution < -0.4 is 0 Å². The highest BCUT2D eigenvalue weighted by Gasteiger charge is 2.31. The standard InChI is InChI=1S/C25H50O3Si/c1-6-7-9-22-10-12-23(13-11-22)24-14-16-25(17-15-24)26-18-8-19-29(27-20(2)3)28-21(4)5/h20-25,29H,6-19H2,1-5H3/t22-,23-,24-,25-. The van der Waals surface area contributed by atoms with E-state index in [1.807, 2.05) is 0 Å². The molecule has 0 atom stereocenters. The lowest BCUT2D eigenvalue weighted by atomic mass is 9.70. The maximum absolute atomic E-state index is 6.25. The molecule has 0 N–H and O–H groups in total. The van der Waals surface area contributed by atoms with Crippen LogP contribution in [0.3, 0.4) is 0 Å². The average Bonchev–Trinajstić information content (AvgIpc) is 2.69. The predicted octanol–water partition coefficient (Wildman–Crippen LogP) is 7.02. The van der Waals surface area contributed by atoms with Gasteiger partial charge in [0.1, 0.15) is 0 Å². The van der Waals surface area contributed by atoms with E-state index in [0.29, 0.717) is 6.10 Å². The molecule has 4 heteroatoms. The van der Waals surface area contributed by atoms with E-state index < -0.39 is 9.28 Å². The quantitative estimate of drug-likeness (QED) is 0.234. The van der Waals surface area contributed by atoms with E-state index in [1.54, 1.807) is 0 Å². The largest absolute Gasteiger partial charge is 0.394 e. The topological polar surface area (TPSA) is 27.7 Å². The van der Waals surface area contributed by atoms with Gasteiger partial charge in [0.2, 0.25) is 0 Å². The zero-order chi connectivity index (χ0) is 21.1. The van der Waals surface area contributed by atoms with Crippen LogP contribution in [0.25, 0.3) is 0 Å². The molecule has 0 aromatic heterocycles. The first-order valence-electron chi connectivity index (χ1n) is 12.9. The summed E-state index contributed by atoms with van der Waals surface area (Å²) in [4.78, 5) is 0. The van der Waals surface area contributed by atoms with E-state index in [1.165, 1.54) is 70.6 Å². The van der Waals surface area contributed by atoms with Gasteiger partial charge in [-0.2, -0.15) is 0 Å². The van der Waals surface area contributed by atoms with Gasteiger partial charge in [-0.25, -0.2) is 0 Å². The van der Waals surface area contributed by atoms with Gasteiger partial charge in [0.25, 0.3) is 0 Å². The third-order valence-electron chi connectivity index (χ3n) is 7.03. The smallest absolute Gasteiger partial charge is 0.321 e. The van der Waals surface area contributed by atoms with Gasteiger partial charge in [0, 0.05) is 18.8 Å². The lowest BCUT2D eigenvalue weighted by Crippen LogP contribution is -2.30. The van der Waals surface area contributed by atoms with Crippen molar-refractivity contribution in [2.75, 3.05) is 6.61 Å². The number of rotatable bonds is 13. The third kappa shape index (κ3) is 10.3. The van der Waals surface area contributed by atoms with Crippen molar-refractivity contribution in [3.8, 4) is 0 Å². The van der Waals surface area contributed by atoms with E-state index in [-0.39, 0.29) is 12.2 Å². The predicted molar refractivity (Wildman–Crippen MR) is 126 cm³/mol. The summed E-state index contributed by atoms with van der Waals surface area (Å²) in [5.41, 5.74) is 0. The Kier molecular flexibility index (Phi) is 12.4. The molecule has 0 radical (unpaired) electrons. The molecule has 172 valence electrons. The summed E-state index contributed by atoms with van der Waals surface area (Å²) in [7, 11) is -1.55. The molecule has 0 spiro atoms. The maximum atomic E-state index is 6.25. The highest BCUT2D eigenvalue weighted by Crippen LogP contribution is 2.41. The van der Waals surface area contributed by atoms with E-state index in [9.17, 15) is 0 Å². The number of ether oxygens (including phenoxy) is 1. The Bertz CT molecular complexity index is 389. The van der Waals surface area contributed by atoms with E-state index in [0.717, 1.165) is 36.8 Å². The van der Waals surface area contributed by atoms with Gasteiger partial charge in [-0.3, -0.25) is 0 Å². The van der Waals surface area contributed by atoms with Gasteiger partial charge in [-0.15, -0.1) is 0 Å². The molecule has 3 nitrogen and oxygen atoms in total. The second kappa shape index (κ2) is 14.2. The van der Waals surface area contributed by atoms with Crippen LogP contribution in [-0.4, -0.2) is 34.2 Å². The van der Waals surface area contributed by atoms with E-state index in [4.69, 9.17) is 13.6 Å². The Morgan fingerprint density at radius 3 is 1.83 bits per heavy atom. The minimum absolute atomic E-state index is 0.267. The molecule has 2 saturated carbocycles. The number of hydrogen-bond donors (Lipinski definition) is 0. The molecule has 0 aromatic rings. The van der Waals surface area contributed by atoms with Gasteiger partial charge in [0.05, 0.1) is 6.10 Å². The molecular weight excluding hydrogens is 376 g/mol. The minimum atomic E-state index is -1.55. The third-order valence-corrected chi connectivity index (χ3v) is 9.60. The van der Waals surface area contributed by atoms with E-state index >= 15 is 0 Å². The highest BCUT2D eigenvalue weighted by molar-refractivity contribution is 6.44. The summed E-state index contributed by atoms with van der Waals surface area (Å²) < 4.78 is 18.3. The van der Waals surface area contributed by atoms with Crippen LogP contribution in [0.1, 0.15) is 112 Å². The van der Waals surface area contributed by atoms with Crippen molar-refractivity contribution in [3.63, 3.8) is 0 Å². The average molecular weight is 427 g/mol. The van der Waals surface area contributed by atoms with Gasteiger partial charge < -0.3 is 13.6 Å². The lowest BCUT2D eigenvalue weighted by molar-refractivity contribution is 0.00629. The molecule has 2 rings (SSSR count). The van der Waals surface area contributed by atoms with Gasteiger partial charge in [-0.05, 0) is 96.4 Å². The molecule has 0 bridgehead atoms. The number of unbranched alkanes of at least 4 members (excludes halogenated alkanes) is 1. The Balaban J connectivity index is 1.56. The van der Waals surface area contributed by atoms with Crippen LogP contribution >= 0.6 is 0 Å². The van der Waals surface area contributed by atoms with Crippen molar-refractivity contribution in [2.45, 2.75) is 136 Å². The highest BCUT2D eigenvalue weighted by atomic mass is 28.3. The zero-order valence-corrected chi connectivity index (χ0v) is 21.3. The fraction of sp³-hybridized carbons (Fsp3) is 1.00. The molecule has 0 aromatic carbocycles. The van der Waals surface area contributed by atoms with Crippen LogP contribution in [0.4, 0.5) is 0 Å². The zero-order valence-electron chi connectivity index (χ0n) is 20.2. The molecular formula is C25H50O3Si. The molecule has 0 heterocycles. The summed E-state index contributed by atoms with van der Waals surface area (Å²) in [5, 5.41) is 0. The Morgan fingerprint density at radius 1 is 0.759 bits per heavy atom. The first kappa shape index (κ1) is 25.4. The Morgan fingerprint density at radius 2 is 1.31 bits per heavy atom. The first-order valence-corrected chi connectivity index (χ1v) is 14.7. The van der Waals surface area contributed by atoms with Crippen LogP contribution in [0.5, 0.6) is 0 Å².